The Hall–Kier alpha value is -3.63. The molecule has 3 amide bonds. The topological polar surface area (TPSA) is 174 Å². The summed E-state index contributed by atoms with van der Waals surface area (Å²) < 4.78 is 29.3. The van der Waals surface area contributed by atoms with Crippen molar-refractivity contribution in [1.82, 2.24) is 10.2 Å². The number of thioether (sulfide) groups is 1. The maximum atomic E-state index is 15.1. The molecule has 0 aromatic heterocycles. The van der Waals surface area contributed by atoms with Crippen LogP contribution in [0.15, 0.2) is 35.9 Å². The van der Waals surface area contributed by atoms with Crippen LogP contribution in [0.25, 0.3) is 0 Å². The Morgan fingerprint density at radius 2 is 1.89 bits per heavy atom. The molecule has 14 nitrogen and oxygen atoms in total. The zero-order valence-electron chi connectivity index (χ0n) is 35.0. The van der Waals surface area contributed by atoms with Gasteiger partial charge in [0.2, 0.25) is 11.8 Å². The van der Waals surface area contributed by atoms with Gasteiger partial charge in [-0.05, 0) is 57.6 Å². The average molecular weight is 836 g/mol. The minimum atomic E-state index is -1.90. The molecule has 0 saturated carbocycles. The van der Waals surface area contributed by atoms with Crippen LogP contribution in [-0.4, -0.2) is 121 Å². The molecular formula is C41H58ClN3O11S. The van der Waals surface area contributed by atoms with E-state index < -0.39 is 83.3 Å². The van der Waals surface area contributed by atoms with Crippen LogP contribution in [0.2, 0.25) is 5.02 Å². The SMILES string of the molecule is COc1cc2cc(c1Cl)N(C)C(=O)C(C(=O)CCC(C)(C)SC)[C@H](OC(=O)[C@H](C)N(C)C(C)=O)[C@]1(C)O[C@H]1[C@H](C)[C@@H]1C[C@@](O)(NC(=O)O1)C(OC)/C=C/C=C(\C)C2. The number of benzene rings is 1. The molecule has 1 aromatic carbocycles. The van der Waals surface area contributed by atoms with E-state index in [9.17, 15) is 24.3 Å². The second-order valence-electron chi connectivity index (χ2n) is 16.1. The number of aliphatic hydroxyl groups is 1. The number of fused-ring (bicyclic) bond motifs is 5. The van der Waals surface area contributed by atoms with Gasteiger partial charge in [-0.3, -0.25) is 19.7 Å². The van der Waals surface area contributed by atoms with E-state index in [1.54, 1.807) is 49.9 Å². The molecule has 0 radical (unpaired) electrons. The monoisotopic (exact) mass is 835 g/mol. The summed E-state index contributed by atoms with van der Waals surface area (Å²) in [7, 11) is 5.81. The first-order valence-electron chi connectivity index (χ1n) is 19.0. The lowest BCUT2D eigenvalue weighted by atomic mass is 9.79. The summed E-state index contributed by atoms with van der Waals surface area (Å²) in [5.74, 6) is -4.45. The third-order valence-electron chi connectivity index (χ3n) is 11.6. The summed E-state index contributed by atoms with van der Waals surface area (Å²) in [4.78, 5) is 71.6. The molecule has 316 valence electrons. The standard InChI is InChI=1S/C41H58ClN3O11S/c1-22-14-13-15-31(53-11)41(51)21-30(54-38(50)43-41)23(2)34-40(7,56-34)35(55-37(49)24(3)44(8)25(4)46)32(28(47)16-17-39(5,6)57-12)36(48)45(9)27-19-26(18-22)20-29(52-10)33(27)42/h13-15,19-20,23-24,30-32,34-35,51H,16-18,21H2,1-12H3,(H,43,50)/b15-13+,22-14+/t23-,24+,30+,31?,32?,34+,35+,40-,41+/m1/s1. The number of alkyl carbamates (subject to hydrolysis) is 1. The molecule has 2 saturated heterocycles. The number of likely N-dealkylation sites (N-methyl/N-ethyl adjacent to an activating group) is 1. The zero-order valence-corrected chi connectivity index (χ0v) is 36.5. The van der Waals surface area contributed by atoms with E-state index in [2.05, 4.69) is 5.32 Å². The van der Waals surface area contributed by atoms with Crippen molar-refractivity contribution in [2.24, 2.45) is 11.8 Å². The quantitative estimate of drug-likeness (QED) is 0.178. The second-order valence-corrected chi connectivity index (χ2v) is 18.0. The summed E-state index contributed by atoms with van der Waals surface area (Å²) in [5, 5.41) is 14.5. The summed E-state index contributed by atoms with van der Waals surface area (Å²) in [6.45, 7) is 12.0. The zero-order chi connectivity index (χ0) is 42.8. The molecule has 0 aliphatic carbocycles. The van der Waals surface area contributed by atoms with E-state index in [1.807, 2.05) is 33.1 Å². The number of epoxide rings is 1. The molecule has 1 aromatic rings. The number of ether oxygens (including phenoxy) is 5. The van der Waals surface area contributed by atoms with Gasteiger partial charge in [-0.2, -0.15) is 11.8 Å². The maximum Gasteiger partial charge on any atom is 0.409 e. The fourth-order valence-corrected chi connectivity index (χ4v) is 8.02. The Balaban J connectivity index is 1.96. The maximum absolute atomic E-state index is 15.1. The molecule has 0 spiro atoms. The van der Waals surface area contributed by atoms with Crippen LogP contribution in [0.1, 0.15) is 73.3 Å². The normalized spacial score (nSPS) is 31.4. The van der Waals surface area contributed by atoms with Crippen molar-refractivity contribution in [3.8, 4) is 5.75 Å². The van der Waals surface area contributed by atoms with Gasteiger partial charge in [0, 0.05) is 51.6 Å². The number of halogens is 1. The van der Waals surface area contributed by atoms with Crippen molar-refractivity contribution in [2.75, 3.05) is 39.5 Å². The molecule has 4 bridgehead atoms. The fraction of sp³-hybridized carbons (Fsp3) is 0.634. The van der Waals surface area contributed by atoms with Crippen LogP contribution in [-0.2, 0) is 44.5 Å². The summed E-state index contributed by atoms with van der Waals surface area (Å²) in [6, 6.07) is 2.39. The number of Topliss-reactive ketones (excluding diaryl/α,β-unsaturated/α-hetero) is 1. The number of anilines is 1. The number of hydrogen-bond donors (Lipinski definition) is 2. The minimum Gasteiger partial charge on any atom is -0.495 e. The van der Waals surface area contributed by atoms with E-state index in [0.717, 1.165) is 11.1 Å². The van der Waals surface area contributed by atoms with E-state index in [0.29, 0.717) is 18.6 Å². The summed E-state index contributed by atoms with van der Waals surface area (Å²) in [5.41, 5.74) is -1.52. The number of esters is 1. The number of carbonyl (C=O) groups excluding carboxylic acids is 5. The molecule has 16 heteroatoms. The van der Waals surface area contributed by atoms with E-state index in [-0.39, 0.29) is 28.3 Å². The number of allylic oxidation sites excluding steroid dienone is 3. The number of hydrogen-bond acceptors (Lipinski definition) is 12. The number of carbonyl (C=O) groups is 5. The largest absolute Gasteiger partial charge is 0.495 e. The van der Waals surface area contributed by atoms with Crippen molar-refractivity contribution >= 4 is 58.7 Å². The van der Waals surface area contributed by atoms with E-state index in [1.165, 1.54) is 52.0 Å². The molecule has 2 unspecified atom stereocenters. The Morgan fingerprint density at radius 3 is 2.49 bits per heavy atom. The van der Waals surface area contributed by atoms with Gasteiger partial charge in [-0.25, -0.2) is 9.59 Å². The van der Waals surface area contributed by atoms with Gasteiger partial charge in [0.25, 0.3) is 0 Å². The molecule has 57 heavy (non-hydrogen) atoms. The molecule has 3 aliphatic heterocycles. The number of methoxy groups -OCH3 is 2. The number of rotatable bonds is 10. The first kappa shape index (κ1) is 46.1. The Morgan fingerprint density at radius 1 is 1.23 bits per heavy atom. The van der Waals surface area contributed by atoms with Gasteiger partial charge >= 0.3 is 12.1 Å². The molecule has 2 N–H and O–H groups in total. The van der Waals surface area contributed by atoms with Gasteiger partial charge in [0.15, 0.2) is 11.8 Å². The highest BCUT2D eigenvalue weighted by Crippen LogP contribution is 2.51. The van der Waals surface area contributed by atoms with E-state index in [4.69, 9.17) is 35.3 Å². The van der Waals surface area contributed by atoms with Crippen LogP contribution in [0, 0.1) is 11.8 Å². The van der Waals surface area contributed by atoms with Crippen LogP contribution in [0.5, 0.6) is 5.75 Å². The second kappa shape index (κ2) is 18.1. The third kappa shape index (κ3) is 10.2. The summed E-state index contributed by atoms with van der Waals surface area (Å²) >= 11 is 8.46. The highest BCUT2D eigenvalue weighted by molar-refractivity contribution is 7.99. The predicted octanol–water partition coefficient (Wildman–Crippen LogP) is 5.25. The average Bonchev–Trinajstić information content (AvgIpc) is 3.85. The van der Waals surface area contributed by atoms with Crippen molar-refractivity contribution in [3.05, 3.63) is 46.5 Å². The Bertz CT molecular complexity index is 1790. The smallest absolute Gasteiger partial charge is 0.409 e. The van der Waals surface area contributed by atoms with Gasteiger partial charge in [0.1, 0.15) is 46.3 Å². The lowest BCUT2D eigenvalue weighted by molar-refractivity contribution is -0.167. The van der Waals surface area contributed by atoms with Gasteiger partial charge in [0.05, 0.1) is 18.9 Å². The lowest BCUT2D eigenvalue weighted by Crippen LogP contribution is -2.63. The van der Waals surface area contributed by atoms with Crippen LogP contribution >= 0.6 is 23.4 Å². The van der Waals surface area contributed by atoms with Crippen molar-refractivity contribution in [1.29, 1.82) is 0 Å². The number of nitrogens with one attached hydrogen (secondary N) is 1. The van der Waals surface area contributed by atoms with E-state index >= 15 is 4.79 Å². The molecule has 4 rings (SSSR count). The highest BCUT2D eigenvalue weighted by atomic mass is 35.5. The van der Waals surface area contributed by atoms with Crippen molar-refractivity contribution < 1.29 is 52.8 Å². The molecule has 3 aliphatic rings. The first-order chi connectivity index (χ1) is 26.5. The fourth-order valence-electron chi connectivity index (χ4n) is 7.40. The van der Waals surface area contributed by atoms with Crippen molar-refractivity contribution in [3.63, 3.8) is 0 Å². The van der Waals surface area contributed by atoms with Crippen molar-refractivity contribution in [2.45, 2.75) is 121 Å². The van der Waals surface area contributed by atoms with Gasteiger partial charge < -0.3 is 38.6 Å². The van der Waals surface area contributed by atoms with Crippen LogP contribution in [0.4, 0.5) is 10.5 Å². The first-order valence-corrected chi connectivity index (χ1v) is 20.6. The van der Waals surface area contributed by atoms with Crippen LogP contribution < -0.4 is 15.0 Å². The van der Waals surface area contributed by atoms with Gasteiger partial charge in [-0.15, -0.1) is 0 Å². The number of ketones is 1. The Kier molecular flexibility index (Phi) is 14.6. The highest BCUT2D eigenvalue weighted by Gasteiger charge is 2.67. The lowest BCUT2D eigenvalue weighted by Gasteiger charge is -2.42. The number of amides is 3. The van der Waals surface area contributed by atoms with Crippen LogP contribution in [0.3, 0.4) is 0 Å². The third-order valence-corrected chi connectivity index (χ3v) is 13.3. The molecule has 3 heterocycles. The Labute approximate surface area is 344 Å². The predicted molar refractivity (Wildman–Crippen MR) is 217 cm³/mol. The molecule has 9 atom stereocenters. The number of nitrogens with zero attached hydrogens (tertiary/aromatic N) is 2. The molecule has 2 fully saturated rings. The van der Waals surface area contributed by atoms with Gasteiger partial charge in [-0.1, -0.05) is 56.2 Å². The molecular weight excluding hydrogens is 778 g/mol. The summed E-state index contributed by atoms with van der Waals surface area (Å²) in [6.07, 6.45) is 2.55. The minimum absolute atomic E-state index is 0.0449.